The van der Waals surface area contributed by atoms with Crippen LogP contribution in [-0.4, -0.2) is 0 Å². The van der Waals surface area contributed by atoms with Gasteiger partial charge in [-0.2, -0.15) is 0 Å². The molecule has 36 heavy (non-hydrogen) atoms. The van der Waals surface area contributed by atoms with Gasteiger partial charge in [0.15, 0.2) is 0 Å². The predicted octanol–water partition coefficient (Wildman–Crippen LogP) is 10.1. The maximum absolute atomic E-state index is 15.4. The summed E-state index contributed by atoms with van der Waals surface area (Å²) in [6.07, 6.45) is 2.10. The summed E-state index contributed by atoms with van der Waals surface area (Å²) in [6, 6.07) is 14.6. The molecule has 0 aliphatic rings. The van der Waals surface area contributed by atoms with E-state index in [0.717, 1.165) is 40.7 Å². The van der Waals surface area contributed by atoms with Gasteiger partial charge in [-0.15, -0.1) is 0 Å². The molecule has 0 N–H and O–H groups in total. The van der Waals surface area contributed by atoms with Crippen molar-refractivity contribution in [2.45, 2.75) is 68.2 Å². The van der Waals surface area contributed by atoms with Gasteiger partial charge in [0.25, 0.3) is 0 Å². The zero-order chi connectivity index (χ0) is 26.3. The van der Waals surface area contributed by atoms with Crippen LogP contribution in [0.3, 0.4) is 0 Å². The van der Waals surface area contributed by atoms with E-state index >= 15 is 8.78 Å². The van der Waals surface area contributed by atoms with E-state index in [4.69, 9.17) is 0 Å². The van der Waals surface area contributed by atoms with Crippen LogP contribution in [0.5, 0.6) is 0 Å². The molecule has 0 aliphatic carbocycles. The minimum atomic E-state index is -0.346. The van der Waals surface area contributed by atoms with Crippen molar-refractivity contribution in [3.8, 4) is 33.4 Å². The fraction of sp³-hybridized carbons (Fsp3) is 0.294. The minimum Gasteiger partial charge on any atom is -0.206 e. The summed E-state index contributed by atoms with van der Waals surface area (Å²) in [6.45, 7) is 16.9. The van der Waals surface area contributed by atoms with E-state index in [0.29, 0.717) is 16.7 Å². The van der Waals surface area contributed by atoms with Crippen LogP contribution in [0.25, 0.3) is 33.4 Å². The normalized spacial score (nSPS) is 11.3. The smallest absolute Gasteiger partial charge is 0.131 e. The Balaban J connectivity index is 1.74. The molecule has 0 radical (unpaired) electrons. The van der Waals surface area contributed by atoms with E-state index < -0.39 is 0 Å². The fourth-order valence-electron chi connectivity index (χ4n) is 5.38. The van der Waals surface area contributed by atoms with Crippen molar-refractivity contribution < 1.29 is 8.78 Å². The van der Waals surface area contributed by atoms with Crippen LogP contribution in [-0.2, 0) is 6.42 Å². The number of halogens is 2. The van der Waals surface area contributed by atoms with Crippen molar-refractivity contribution >= 4 is 0 Å². The highest BCUT2D eigenvalue weighted by Crippen LogP contribution is 2.36. The van der Waals surface area contributed by atoms with Gasteiger partial charge < -0.3 is 0 Å². The Morgan fingerprint density at radius 1 is 0.500 bits per heavy atom. The molecule has 0 fully saturated rings. The van der Waals surface area contributed by atoms with E-state index in [1.54, 1.807) is 18.2 Å². The second-order valence-electron chi connectivity index (χ2n) is 10.2. The molecular formula is C34H36F2. The minimum absolute atomic E-state index is 0.332. The molecule has 0 saturated heterocycles. The van der Waals surface area contributed by atoms with Gasteiger partial charge in [-0.05, 0) is 134 Å². The third kappa shape index (κ3) is 4.50. The average molecular weight is 483 g/mol. The molecule has 0 aliphatic heterocycles. The quantitative estimate of drug-likeness (QED) is 0.265. The first-order chi connectivity index (χ1) is 17.0. The Morgan fingerprint density at radius 3 is 1.61 bits per heavy atom. The summed E-state index contributed by atoms with van der Waals surface area (Å²) in [5.41, 5.74) is 14.0. The third-order valence-electron chi connectivity index (χ3n) is 8.09. The Hall–Kier alpha value is -3.26. The van der Waals surface area contributed by atoms with Crippen molar-refractivity contribution in [1.29, 1.82) is 0 Å². The second kappa shape index (κ2) is 10.0. The van der Waals surface area contributed by atoms with Gasteiger partial charge in [-0.3, -0.25) is 0 Å². The van der Waals surface area contributed by atoms with Crippen LogP contribution < -0.4 is 0 Å². The maximum Gasteiger partial charge on any atom is 0.131 e. The van der Waals surface area contributed by atoms with Crippen LogP contribution in [0.1, 0.15) is 57.9 Å². The van der Waals surface area contributed by atoms with Gasteiger partial charge in [0.05, 0.1) is 0 Å². The van der Waals surface area contributed by atoms with E-state index in [-0.39, 0.29) is 11.6 Å². The molecule has 0 saturated carbocycles. The number of benzene rings is 4. The summed E-state index contributed by atoms with van der Waals surface area (Å²) in [4.78, 5) is 0. The topological polar surface area (TPSA) is 0 Å². The molecule has 0 nitrogen and oxygen atoms in total. The number of rotatable bonds is 5. The first-order valence-corrected chi connectivity index (χ1v) is 12.8. The zero-order valence-corrected chi connectivity index (χ0v) is 22.8. The summed E-state index contributed by atoms with van der Waals surface area (Å²) in [7, 11) is 0. The van der Waals surface area contributed by atoms with Crippen molar-refractivity contribution in [2.75, 3.05) is 0 Å². The highest BCUT2D eigenvalue weighted by molar-refractivity contribution is 5.77. The van der Waals surface area contributed by atoms with Crippen molar-refractivity contribution in [2.24, 2.45) is 0 Å². The monoisotopic (exact) mass is 482 g/mol. The fourth-order valence-corrected chi connectivity index (χ4v) is 5.38. The zero-order valence-electron chi connectivity index (χ0n) is 22.8. The van der Waals surface area contributed by atoms with Crippen molar-refractivity contribution in [3.63, 3.8) is 0 Å². The molecule has 0 atom stereocenters. The van der Waals surface area contributed by atoms with Gasteiger partial charge in [-0.1, -0.05) is 49.7 Å². The highest BCUT2D eigenvalue weighted by atomic mass is 19.1. The van der Waals surface area contributed by atoms with Crippen LogP contribution in [0, 0.1) is 60.1 Å². The summed E-state index contributed by atoms with van der Waals surface area (Å²) in [5, 5.41) is 0. The Morgan fingerprint density at radius 2 is 1.03 bits per heavy atom. The maximum atomic E-state index is 15.4. The molecule has 0 unspecified atom stereocenters. The largest absolute Gasteiger partial charge is 0.206 e. The SMILES string of the molecule is CCCc1c(C)cc(-c2ccc(-c3ccc(-c4cc(C)c(C)c(C)c4C)cc3F)cc2F)c(C)c1C. The Kier molecular flexibility index (Phi) is 7.18. The van der Waals surface area contributed by atoms with Crippen molar-refractivity contribution in [1.82, 2.24) is 0 Å². The molecule has 4 aromatic rings. The molecule has 0 heterocycles. The Labute approximate surface area is 215 Å². The van der Waals surface area contributed by atoms with Crippen LogP contribution >= 0.6 is 0 Å². The van der Waals surface area contributed by atoms with Crippen LogP contribution in [0.15, 0.2) is 48.5 Å². The standard InChI is InChI=1S/C34H36F2/c1-9-10-28-20(3)16-32(25(8)24(28)7)30-14-12-26(17-34(30)36)29-13-11-27(18-33(29)35)31-15-19(2)21(4)22(5)23(31)6/h11-18H,9-10H2,1-8H3. The van der Waals surface area contributed by atoms with Gasteiger partial charge in [0.1, 0.15) is 11.6 Å². The lowest BCUT2D eigenvalue weighted by molar-refractivity contribution is 0.627. The molecular weight excluding hydrogens is 446 g/mol. The third-order valence-corrected chi connectivity index (χ3v) is 8.09. The first kappa shape index (κ1) is 25.8. The lowest BCUT2D eigenvalue weighted by Gasteiger charge is -2.18. The lowest BCUT2D eigenvalue weighted by atomic mass is 9.87. The summed E-state index contributed by atoms with van der Waals surface area (Å²) in [5.74, 6) is -0.677. The molecule has 0 spiro atoms. The van der Waals surface area contributed by atoms with E-state index in [1.807, 2.05) is 12.1 Å². The predicted molar refractivity (Wildman–Crippen MR) is 150 cm³/mol. The van der Waals surface area contributed by atoms with Crippen molar-refractivity contribution in [3.05, 3.63) is 105 Å². The van der Waals surface area contributed by atoms with Gasteiger partial charge in [0, 0.05) is 11.1 Å². The molecule has 186 valence electrons. The lowest BCUT2D eigenvalue weighted by Crippen LogP contribution is -2.00. The number of hydrogen-bond acceptors (Lipinski definition) is 0. The average Bonchev–Trinajstić information content (AvgIpc) is 2.85. The molecule has 2 heteroatoms. The number of hydrogen-bond donors (Lipinski definition) is 0. The van der Waals surface area contributed by atoms with E-state index in [9.17, 15) is 0 Å². The second-order valence-corrected chi connectivity index (χ2v) is 10.2. The van der Waals surface area contributed by atoms with Crippen LogP contribution in [0.4, 0.5) is 8.78 Å². The van der Waals surface area contributed by atoms with Gasteiger partial charge >= 0.3 is 0 Å². The first-order valence-electron chi connectivity index (χ1n) is 12.8. The molecule has 0 amide bonds. The Bertz CT molecular complexity index is 1470. The molecule has 4 rings (SSSR count). The summed E-state index contributed by atoms with van der Waals surface area (Å²) < 4.78 is 30.8. The molecule has 0 aromatic heterocycles. The molecule has 4 aromatic carbocycles. The van der Waals surface area contributed by atoms with Gasteiger partial charge in [-0.25, -0.2) is 8.78 Å². The number of aryl methyl sites for hydroxylation is 2. The van der Waals surface area contributed by atoms with E-state index in [2.05, 4.69) is 67.5 Å². The van der Waals surface area contributed by atoms with Crippen LogP contribution in [0.2, 0.25) is 0 Å². The van der Waals surface area contributed by atoms with E-state index in [1.165, 1.54) is 39.4 Å². The van der Waals surface area contributed by atoms with Gasteiger partial charge in [0.2, 0.25) is 0 Å². The highest BCUT2D eigenvalue weighted by Gasteiger charge is 2.17. The summed E-state index contributed by atoms with van der Waals surface area (Å²) >= 11 is 0. The molecule has 0 bridgehead atoms.